The highest BCUT2D eigenvalue weighted by molar-refractivity contribution is 4.92. The molecule has 1 rings (SSSR count). The lowest BCUT2D eigenvalue weighted by Gasteiger charge is -2.31. The molecule has 6 atom stereocenters. The Hall–Kier alpha value is -0.0800. The van der Waals surface area contributed by atoms with Crippen molar-refractivity contribution in [2.24, 2.45) is 17.8 Å². The van der Waals surface area contributed by atoms with Crippen molar-refractivity contribution in [2.45, 2.75) is 79.1 Å². The van der Waals surface area contributed by atoms with Crippen LogP contribution in [0.15, 0.2) is 0 Å². The predicted molar refractivity (Wildman–Crippen MR) is 78.8 cm³/mol. The predicted octanol–water partition coefficient (Wildman–Crippen LogP) is 3.85. The summed E-state index contributed by atoms with van der Waals surface area (Å²) in [4.78, 5) is 0. The summed E-state index contributed by atoms with van der Waals surface area (Å²) in [6.07, 6.45) is 4.73. The molecular formula is C16H33NO. The Morgan fingerprint density at radius 1 is 1.11 bits per heavy atom. The zero-order valence-electron chi connectivity index (χ0n) is 13.2. The van der Waals surface area contributed by atoms with Gasteiger partial charge in [0.05, 0.1) is 12.2 Å². The third-order valence-electron chi connectivity index (χ3n) is 4.69. The minimum atomic E-state index is 0.396. The molecule has 1 heterocycles. The maximum Gasteiger partial charge on any atom is 0.0597 e. The van der Waals surface area contributed by atoms with Gasteiger partial charge < -0.3 is 10.1 Å². The Labute approximate surface area is 114 Å². The standard InChI is InChI=1S/C16H33NO/c1-7-9-11(3)10-15(17-8-2)16-12(4)13(5)18-14(16)6/h11-17H,7-10H2,1-6H3. The second kappa shape index (κ2) is 7.49. The monoisotopic (exact) mass is 255 g/mol. The van der Waals surface area contributed by atoms with Gasteiger partial charge in [-0.3, -0.25) is 0 Å². The van der Waals surface area contributed by atoms with Gasteiger partial charge in [-0.15, -0.1) is 0 Å². The van der Waals surface area contributed by atoms with Crippen molar-refractivity contribution in [1.29, 1.82) is 0 Å². The largest absolute Gasteiger partial charge is 0.375 e. The van der Waals surface area contributed by atoms with E-state index in [-0.39, 0.29) is 0 Å². The summed E-state index contributed by atoms with van der Waals surface area (Å²) in [5.41, 5.74) is 0. The van der Waals surface area contributed by atoms with Crippen molar-refractivity contribution < 1.29 is 4.74 Å². The van der Waals surface area contributed by atoms with Crippen molar-refractivity contribution in [2.75, 3.05) is 6.54 Å². The summed E-state index contributed by atoms with van der Waals surface area (Å²) >= 11 is 0. The Kier molecular flexibility index (Phi) is 6.65. The first-order valence-corrected chi connectivity index (χ1v) is 7.90. The normalized spacial score (nSPS) is 35.7. The zero-order chi connectivity index (χ0) is 13.7. The average molecular weight is 255 g/mol. The van der Waals surface area contributed by atoms with Gasteiger partial charge in [-0.25, -0.2) is 0 Å². The summed E-state index contributed by atoms with van der Waals surface area (Å²) in [5.74, 6) is 2.14. The van der Waals surface area contributed by atoms with Crippen LogP contribution in [0.1, 0.15) is 60.8 Å². The molecule has 1 aliphatic heterocycles. The molecule has 1 N–H and O–H groups in total. The van der Waals surface area contributed by atoms with Crippen LogP contribution in [-0.2, 0) is 4.74 Å². The van der Waals surface area contributed by atoms with Gasteiger partial charge in [0.15, 0.2) is 0 Å². The summed E-state index contributed by atoms with van der Waals surface area (Å²) in [6, 6.07) is 0.617. The van der Waals surface area contributed by atoms with E-state index in [0.717, 1.165) is 12.5 Å². The van der Waals surface area contributed by atoms with E-state index in [9.17, 15) is 0 Å². The van der Waals surface area contributed by atoms with Crippen molar-refractivity contribution in [3.63, 3.8) is 0 Å². The average Bonchev–Trinajstić information content (AvgIpc) is 2.53. The van der Waals surface area contributed by atoms with Crippen molar-refractivity contribution in [3.05, 3.63) is 0 Å². The molecule has 108 valence electrons. The number of ether oxygens (including phenoxy) is 1. The van der Waals surface area contributed by atoms with Crippen LogP contribution in [0, 0.1) is 17.8 Å². The van der Waals surface area contributed by atoms with Crippen LogP contribution < -0.4 is 5.32 Å². The van der Waals surface area contributed by atoms with Gasteiger partial charge in [-0.1, -0.05) is 40.5 Å². The lowest BCUT2D eigenvalue weighted by atomic mass is 9.79. The number of hydrogen-bond donors (Lipinski definition) is 1. The van der Waals surface area contributed by atoms with Gasteiger partial charge in [0.25, 0.3) is 0 Å². The number of hydrogen-bond acceptors (Lipinski definition) is 2. The lowest BCUT2D eigenvalue weighted by Crippen LogP contribution is -2.42. The van der Waals surface area contributed by atoms with Gasteiger partial charge in [-0.05, 0) is 38.6 Å². The summed E-state index contributed by atoms with van der Waals surface area (Å²) in [7, 11) is 0. The van der Waals surface area contributed by atoms with E-state index in [4.69, 9.17) is 4.74 Å². The van der Waals surface area contributed by atoms with Crippen LogP contribution in [-0.4, -0.2) is 24.8 Å². The fraction of sp³-hybridized carbons (Fsp3) is 1.00. The molecule has 2 heteroatoms. The minimum Gasteiger partial charge on any atom is -0.375 e. The molecular weight excluding hydrogens is 222 g/mol. The zero-order valence-corrected chi connectivity index (χ0v) is 13.2. The third-order valence-corrected chi connectivity index (χ3v) is 4.69. The van der Waals surface area contributed by atoms with Crippen LogP contribution in [0.5, 0.6) is 0 Å². The van der Waals surface area contributed by atoms with Crippen molar-refractivity contribution >= 4 is 0 Å². The van der Waals surface area contributed by atoms with Crippen molar-refractivity contribution in [3.8, 4) is 0 Å². The van der Waals surface area contributed by atoms with Gasteiger partial charge in [0.2, 0.25) is 0 Å². The minimum absolute atomic E-state index is 0.396. The topological polar surface area (TPSA) is 21.3 Å². The molecule has 0 aliphatic carbocycles. The molecule has 0 aromatic rings. The molecule has 0 aromatic carbocycles. The molecule has 0 aromatic heterocycles. The Balaban J connectivity index is 2.65. The van der Waals surface area contributed by atoms with Crippen LogP contribution in [0.4, 0.5) is 0 Å². The first kappa shape index (κ1) is 16.0. The molecule has 2 nitrogen and oxygen atoms in total. The highest BCUT2D eigenvalue weighted by Crippen LogP contribution is 2.36. The van der Waals surface area contributed by atoms with E-state index < -0.39 is 0 Å². The van der Waals surface area contributed by atoms with Gasteiger partial charge >= 0.3 is 0 Å². The highest BCUT2D eigenvalue weighted by atomic mass is 16.5. The van der Waals surface area contributed by atoms with Crippen LogP contribution >= 0.6 is 0 Å². The molecule has 6 unspecified atom stereocenters. The Bertz CT molecular complexity index is 231. The Morgan fingerprint density at radius 3 is 2.22 bits per heavy atom. The molecule has 0 amide bonds. The quantitative estimate of drug-likeness (QED) is 0.746. The molecule has 1 saturated heterocycles. The smallest absolute Gasteiger partial charge is 0.0597 e. The summed E-state index contributed by atoms with van der Waals surface area (Å²) < 4.78 is 6.01. The van der Waals surface area contributed by atoms with Gasteiger partial charge in [0.1, 0.15) is 0 Å². The van der Waals surface area contributed by atoms with Gasteiger partial charge in [0, 0.05) is 12.0 Å². The molecule has 0 saturated carbocycles. The van der Waals surface area contributed by atoms with E-state index in [1.165, 1.54) is 19.3 Å². The van der Waals surface area contributed by atoms with E-state index >= 15 is 0 Å². The third kappa shape index (κ3) is 3.96. The molecule has 0 spiro atoms. The van der Waals surface area contributed by atoms with Gasteiger partial charge in [-0.2, -0.15) is 0 Å². The Morgan fingerprint density at radius 2 is 1.78 bits per heavy atom. The molecule has 0 radical (unpaired) electrons. The summed E-state index contributed by atoms with van der Waals surface area (Å²) in [6.45, 7) is 14.8. The van der Waals surface area contributed by atoms with E-state index in [1.54, 1.807) is 0 Å². The molecule has 18 heavy (non-hydrogen) atoms. The van der Waals surface area contributed by atoms with Crippen LogP contribution in [0.25, 0.3) is 0 Å². The molecule has 1 fully saturated rings. The van der Waals surface area contributed by atoms with Crippen molar-refractivity contribution in [1.82, 2.24) is 5.32 Å². The SMILES string of the molecule is CCCC(C)CC(NCC)C1C(C)OC(C)C1C. The van der Waals surface area contributed by atoms with Crippen LogP contribution in [0.3, 0.4) is 0 Å². The van der Waals surface area contributed by atoms with E-state index in [1.807, 2.05) is 0 Å². The van der Waals surface area contributed by atoms with E-state index in [2.05, 4.69) is 46.9 Å². The van der Waals surface area contributed by atoms with E-state index in [0.29, 0.717) is 30.1 Å². The first-order chi connectivity index (χ1) is 8.51. The molecule has 1 aliphatic rings. The van der Waals surface area contributed by atoms with Crippen LogP contribution in [0.2, 0.25) is 0 Å². The maximum absolute atomic E-state index is 6.01. The molecule has 0 bridgehead atoms. The highest BCUT2D eigenvalue weighted by Gasteiger charge is 2.41. The second-order valence-corrected chi connectivity index (χ2v) is 6.28. The summed E-state index contributed by atoms with van der Waals surface area (Å²) in [5, 5.41) is 3.72. The maximum atomic E-state index is 6.01. The second-order valence-electron chi connectivity index (χ2n) is 6.28. The lowest BCUT2D eigenvalue weighted by molar-refractivity contribution is 0.0465. The fourth-order valence-electron chi connectivity index (χ4n) is 3.67. The fourth-order valence-corrected chi connectivity index (χ4v) is 3.67. The number of nitrogens with one attached hydrogen (secondary N) is 1. The number of rotatable bonds is 7. The first-order valence-electron chi connectivity index (χ1n) is 7.90.